The monoisotopic (exact) mass is 295 g/mol. The summed E-state index contributed by atoms with van der Waals surface area (Å²) in [4.78, 5) is 3.84. The van der Waals surface area contributed by atoms with E-state index in [0.717, 1.165) is 6.07 Å². The third-order valence-corrected chi connectivity index (χ3v) is 3.93. The fraction of sp³-hybridized carbons (Fsp3) is 0.154. The van der Waals surface area contributed by atoms with Crippen molar-refractivity contribution < 1.29 is 12.8 Å². The van der Waals surface area contributed by atoms with Crippen molar-refractivity contribution in [3.05, 3.63) is 48.5 Å². The van der Waals surface area contributed by atoms with Crippen LogP contribution >= 0.6 is 0 Å². The first-order chi connectivity index (χ1) is 9.53. The second-order valence-electron chi connectivity index (χ2n) is 4.02. The number of nitrogens with one attached hydrogen (secondary N) is 2. The summed E-state index contributed by atoms with van der Waals surface area (Å²) in [6.45, 7) is 2.43. The van der Waals surface area contributed by atoms with Crippen LogP contribution in [0, 0.1) is 5.82 Å². The summed E-state index contributed by atoms with van der Waals surface area (Å²) in [7, 11) is -3.82. The smallest absolute Gasteiger partial charge is 0.265 e. The zero-order valence-corrected chi connectivity index (χ0v) is 11.6. The van der Waals surface area contributed by atoms with E-state index < -0.39 is 15.8 Å². The molecule has 0 atom stereocenters. The van der Waals surface area contributed by atoms with Crippen molar-refractivity contribution in [2.45, 2.75) is 11.8 Å². The number of hydrogen-bond acceptors (Lipinski definition) is 4. The molecule has 1 aromatic carbocycles. The van der Waals surface area contributed by atoms with E-state index in [0.29, 0.717) is 12.2 Å². The van der Waals surface area contributed by atoms with E-state index in [1.165, 1.54) is 30.6 Å². The standard InChI is InChI=1S/C13H14FN3O2S/c1-2-16-12-6-7-15-9-13(12)20(18,19)17-11-5-3-4-10(14)8-11/h3-9,17H,2H2,1H3,(H,15,16). The number of aromatic nitrogens is 1. The van der Waals surface area contributed by atoms with Crippen molar-refractivity contribution in [2.24, 2.45) is 0 Å². The zero-order chi connectivity index (χ0) is 14.6. The van der Waals surface area contributed by atoms with E-state index in [9.17, 15) is 12.8 Å². The lowest BCUT2D eigenvalue weighted by Gasteiger charge is -2.12. The number of anilines is 2. The Labute approximate surface area is 116 Å². The largest absolute Gasteiger partial charge is 0.384 e. The Kier molecular flexibility index (Phi) is 4.19. The minimum Gasteiger partial charge on any atom is -0.384 e. The Morgan fingerprint density at radius 3 is 2.80 bits per heavy atom. The molecule has 2 N–H and O–H groups in total. The third-order valence-electron chi connectivity index (χ3n) is 2.52. The van der Waals surface area contributed by atoms with Gasteiger partial charge in [0.15, 0.2) is 0 Å². The number of benzene rings is 1. The summed E-state index contributed by atoms with van der Waals surface area (Å²) in [6, 6.07) is 6.84. The topological polar surface area (TPSA) is 71.1 Å². The molecule has 0 aliphatic rings. The van der Waals surface area contributed by atoms with Crippen LogP contribution < -0.4 is 10.0 Å². The van der Waals surface area contributed by atoms with Crippen molar-refractivity contribution >= 4 is 21.4 Å². The van der Waals surface area contributed by atoms with Crippen LogP contribution in [0.3, 0.4) is 0 Å². The first-order valence-electron chi connectivity index (χ1n) is 5.99. The molecule has 1 heterocycles. The Bertz CT molecular complexity index is 704. The van der Waals surface area contributed by atoms with E-state index in [4.69, 9.17) is 0 Å². The van der Waals surface area contributed by atoms with Crippen LogP contribution in [0.1, 0.15) is 6.92 Å². The maximum Gasteiger partial charge on any atom is 0.265 e. The number of nitrogens with zero attached hydrogens (tertiary/aromatic N) is 1. The lowest BCUT2D eigenvalue weighted by atomic mass is 10.3. The number of hydrogen-bond donors (Lipinski definition) is 2. The Balaban J connectivity index is 2.36. The van der Waals surface area contributed by atoms with E-state index in [1.807, 2.05) is 6.92 Å². The third kappa shape index (κ3) is 3.24. The highest BCUT2D eigenvalue weighted by atomic mass is 32.2. The van der Waals surface area contributed by atoms with Crippen LogP contribution in [0.5, 0.6) is 0 Å². The van der Waals surface area contributed by atoms with Crippen molar-refractivity contribution in [3.63, 3.8) is 0 Å². The highest BCUT2D eigenvalue weighted by Gasteiger charge is 2.18. The molecule has 0 fully saturated rings. The molecule has 0 radical (unpaired) electrons. The molecular weight excluding hydrogens is 281 g/mol. The van der Waals surface area contributed by atoms with Gasteiger partial charge in [-0.15, -0.1) is 0 Å². The summed E-state index contributed by atoms with van der Waals surface area (Å²) < 4.78 is 40.0. The predicted molar refractivity (Wildman–Crippen MR) is 75.6 cm³/mol. The van der Waals surface area contributed by atoms with Crippen LogP contribution in [0.25, 0.3) is 0 Å². The van der Waals surface area contributed by atoms with Crippen molar-refractivity contribution in [2.75, 3.05) is 16.6 Å². The fourth-order valence-corrected chi connectivity index (χ4v) is 2.87. The molecule has 20 heavy (non-hydrogen) atoms. The van der Waals surface area contributed by atoms with Gasteiger partial charge in [-0.1, -0.05) is 6.07 Å². The molecule has 0 saturated heterocycles. The molecule has 0 saturated carbocycles. The average molecular weight is 295 g/mol. The van der Waals surface area contributed by atoms with Gasteiger partial charge in [-0.25, -0.2) is 12.8 Å². The van der Waals surface area contributed by atoms with Gasteiger partial charge in [0.1, 0.15) is 10.7 Å². The summed E-state index contributed by atoms with van der Waals surface area (Å²) in [6.07, 6.45) is 2.75. The van der Waals surface area contributed by atoms with Gasteiger partial charge in [-0.05, 0) is 31.2 Å². The maximum absolute atomic E-state index is 13.1. The highest BCUT2D eigenvalue weighted by molar-refractivity contribution is 7.92. The Morgan fingerprint density at radius 1 is 1.30 bits per heavy atom. The lowest BCUT2D eigenvalue weighted by molar-refractivity contribution is 0.601. The molecule has 0 aliphatic heterocycles. The van der Waals surface area contributed by atoms with E-state index in [1.54, 1.807) is 6.07 Å². The molecule has 1 aromatic heterocycles. The predicted octanol–water partition coefficient (Wildman–Crippen LogP) is 2.45. The van der Waals surface area contributed by atoms with Gasteiger partial charge < -0.3 is 5.32 Å². The number of pyridine rings is 1. The molecule has 0 amide bonds. The SMILES string of the molecule is CCNc1ccncc1S(=O)(=O)Nc1cccc(F)c1. The minimum atomic E-state index is -3.82. The molecule has 2 rings (SSSR count). The summed E-state index contributed by atoms with van der Waals surface area (Å²) in [5.74, 6) is -0.511. The highest BCUT2D eigenvalue weighted by Crippen LogP contribution is 2.22. The van der Waals surface area contributed by atoms with Gasteiger partial charge in [0.05, 0.1) is 11.4 Å². The summed E-state index contributed by atoms with van der Waals surface area (Å²) >= 11 is 0. The van der Waals surface area contributed by atoms with Crippen LogP contribution in [-0.2, 0) is 10.0 Å². The van der Waals surface area contributed by atoms with E-state index in [-0.39, 0.29) is 10.6 Å². The van der Waals surface area contributed by atoms with Crippen molar-refractivity contribution in [3.8, 4) is 0 Å². The number of sulfonamides is 1. The molecule has 106 valence electrons. The van der Waals surface area contributed by atoms with Crippen LogP contribution in [0.2, 0.25) is 0 Å². The van der Waals surface area contributed by atoms with Gasteiger partial charge in [-0.2, -0.15) is 0 Å². The number of rotatable bonds is 5. The second-order valence-corrected chi connectivity index (χ2v) is 5.67. The number of halogens is 1. The van der Waals surface area contributed by atoms with Crippen LogP contribution in [0.4, 0.5) is 15.8 Å². The van der Waals surface area contributed by atoms with Gasteiger partial charge in [0.2, 0.25) is 0 Å². The van der Waals surface area contributed by atoms with Crippen molar-refractivity contribution in [1.82, 2.24) is 4.98 Å². The summed E-state index contributed by atoms with van der Waals surface area (Å²) in [5, 5.41) is 2.95. The zero-order valence-electron chi connectivity index (χ0n) is 10.8. The van der Waals surface area contributed by atoms with Crippen molar-refractivity contribution in [1.29, 1.82) is 0 Å². The van der Waals surface area contributed by atoms with Crippen LogP contribution in [-0.4, -0.2) is 19.9 Å². The van der Waals surface area contributed by atoms with Gasteiger partial charge >= 0.3 is 0 Å². The molecule has 7 heteroatoms. The van der Waals surface area contributed by atoms with Crippen LogP contribution in [0.15, 0.2) is 47.6 Å². The van der Waals surface area contributed by atoms with Gasteiger partial charge in [0.25, 0.3) is 10.0 Å². The van der Waals surface area contributed by atoms with E-state index in [2.05, 4.69) is 15.0 Å². The molecular formula is C13H14FN3O2S. The van der Waals surface area contributed by atoms with Gasteiger partial charge in [-0.3, -0.25) is 9.71 Å². The minimum absolute atomic E-state index is 0.0195. The first-order valence-corrected chi connectivity index (χ1v) is 7.47. The molecule has 0 aliphatic carbocycles. The normalized spacial score (nSPS) is 11.1. The first kappa shape index (κ1) is 14.3. The summed E-state index contributed by atoms with van der Waals surface area (Å²) in [5.41, 5.74) is 0.614. The van der Waals surface area contributed by atoms with E-state index >= 15 is 0 Å². The maximum atomic E-state index is 13.1. The Morgan fingerprint density at radius 2 is 2.10 bits per heavy atom. The second kappa shape index (κ2) is 5.87. The molecule has 2 aromatic rings. The Hall–Kier alpha value is -2.15. The quantitative estimate of drug-likeness (QED) is 0.889. The molecule has 0 unspecified atom stereocenters. The van der Waals surface area contributed by atoms with Gasteiger partial charge in [0, 0.05) is 18.9 Å². The fourth-order valence-electron chi connectivity index (χ4n) is 1.69. The molecule has 0 bridgehead atoms. The molecule has 0 spiro atoms. The molecule has 5 nitrogen and oxygen atoms in total. The average Bonchev–Trinajstić information content (AvgIpc) is 2.39. The lowest BCUT2D eigenvalue weighted by Crippen LogP contribution is -2.15.